The largest absolute Gasteiger partial charge is 0.352 e. The lowest BCUT2D eigenvalue weighted by molar-refractivity contribution is 0.0953. The molecule has 0 unspecified atom stereocenters. The van der Waals surface area contributed by atoms with E-state index in [0.29, 0.717) is 18.1 Å². The number of carbonyl (C=O) groups excluding carboxylic acids is 1. The van der Waals surface area contributed by atoms with E-state index in [9.17, 15) is 4.79 Å². The lowest BCUT2D eigenvalue weighted by atomic mass is 10.1. The van der Waals surface area contributed by atoms with Crippen molar-refractivity contribution in [2.75, 3.05) is 25.0 Å². The van der Waals surface area contributed by atoms with Crippen molar-refractivity contribution in [1.82, 2.24) is 10.2 Å². The van der Waals surface area contributed by atoms with Crippen molar-refractivity contribution in [1.29, 1.82) is 5.41 Å². The molecule has 2 aromatic rings. The van der Waals surface area contributed by atoms with Gasteiger partial charge < -0.3 is 15.5 Å². The molecule has 6 heteroatoms. The van der Waals surface area contributed by atoms with Gasteiger partial charge in [0, 0.05) is 30.9 Å². The molecule has 5 nitrogen and oxygen atoms in total. The van der Waals surface area contributed by atoms with Crippen LogP contribution < -0.4 is 10.6 Å². The molecule has 1 fully saturated rings. The summed E-state index contributed by atoms with van der Waals surface area (Å²) >= 11 is 0. The number of rotatable bonds is 6. The van der Waals surface area contributed by atoms with E-state index in [-0.39, 0.29) is 18.3 Å². The highest BCUT2D eigenvalue weighted by atomic mass is 35.5. The van der Waals surface area contributed by atoms with Crippen LogP contribution in [0.25, 0.3) is 0 Å². The number of aryl methyl sites for hydroxylation is 1. The van der Waals surface area contributed by atoms with Gasteiger partial charge in [0.25, 0.3) is 5.91 Å². The molecule has 0 saturated carbocycles. The van der Waals surface area contributed by atoms with E-state index in [1.807, 2.05) is 35.2 Å². The quantitative estimate of drug-likeness (QED) is 0.400. The van der Waals surface area contributed by atoms with Crippen molar-refractivity contribution in [3.05, 3.63) is 65.7 Å². The Labute approximate surface area is 167 Å². The SMILES string of the molecule is Cl.N=C(Nc1cccc(C(=O)NCCCc2ccccc2)c1)N1CCCC1. The van der Waals surface area contributed by atoms with Gasteiger partial charge in [0.05, 0.1) is 0 Å². The zero-order chi connectivity index (χ0) is 18.2. The van der Waals surface area contributed by atoms with Crippen molar-refractivity contribution < 1.29 is 4.79 Å². The Morgan fingerprint density at radius 2 is 1.78 bits per heavy atom. The van der Waals surface area contributed by atoms with Crippen LogP contribution in [0.3, 0.4) is 0 Å². The lowest BCUT2D eigenvalue weighted by Crippen LogP contribution is -2.33. The number of carbonyl (C=O) groups is 1. The van der Waals surface area contributed by atoms with Crippen molar-refractivity contribution in [2.24, 2.45) is 0 Å². The first-order chi connectivity index (χ1) is 12.7. The molecule has 1 aliphatic heterocycles. The minimum absolute atomic E-state index is 0. The zero-order valence-electron chi connectivity index (χ0n) is 15.4. The van der Waals surface area contributed by atoms with Crippen LogP contribution in [0.5, 0.6) is 0 Å². The number of nitrogens with zero attached hydrogens (tertiary/aromatic N) is 1. The maximum absolute atomic E-state index is 12.3. The number of nitrogens with one attached hydrogen (secondary N) is 3. The molecular formula is C21H27ClN4O. The summed E-state index contributed by atoms with van der Waals surface area (Å²) in [6, 6.07) is 17.6. The molecule has 0 spiro atoms. The number of guanidine groups is 1. The van der Waals surface area contributed by atoms with Gasteiger partial charge in [-0.15, -0.1) is 12.4 Å². The number of likely N-dealkylation sites (tertiary alicyclic amines) is 1. The number of benzene rings is 2. The summed E-state index contributed by atoms with van der Waals surface area (Å²) < 4.78 is 0. The molecule has 3 rings (SSSR count). The highest BCUT2D eigenvalue weighted by Gasteiger charge is 2.15. The molecule has 144 valence electrons. The van der Waals surface area contributed by atoms with Gasteiger partial charge >= 0.3 is 0 Å². The van der Waals surface area contributed by atoms with E-state index in [4.69, 9.17) is 5.41 Å². The van der Waals surface area contributed by atoms with Gasteiger partial charge in [-0.1, -0.05) is 36.4 Å². The Hall–Kier alpha value is -2.53. The number of anilines is 1. The highest BCUT2D eigenvalue weighted by molar-refractivity contribution is 5.97. The fourth-order valence-corrected chi connectivity index (χ4v) is 3.14. The van der Waals surface area contributed by atoms with E-state index < -0.39 is 0 Å². The van der Waals surface area contributed by atoms with Gasteiger partial charge in [0.1, 0.15) is 0 Å². The standard InChI is InChI=1S/C21H26N4O.ClH/c22-21(25-14-4-5-15-25)24-19-12-6-11-18(16-19)20(26)23-13-7-10-17-8-2-1-3-9-17;/h1-3,6,8-9,11-12,16H,4-5,7,10,13-15H2,(H2,22,24)(H,23,26);1H. The van der Waals surface area contributed by atoms with E-state index in [1.165, 1.54) is 5.56 Å². The molecule has 1 amide bonds. The van der Waals surface area contributed by atoms with E-state index in [2.05, 4.69) is 22.8 Å². The molecule has 0 radical (unpaired) electrons. The third-order valence-electron chi connectivity index (χ3n) is 4.58. The lowest BCUT2D eigenvalue weighted by Gasteiger charge is -2.19. The number of hydrogen-bond acceptors (Lipinski definition) is 2. The minimum Gasteiger partial charge on any atom is -0.352 e. The monoisotopic (exact) mass is 386 g/mol. The van der Waals surface area contributed by atoms with Crippen LogP contribution in [0.4, 0.5) is 5.69 Å². The predicted octanol–water partition coefficient (Wildman–Crippen LogP) is 3.91. The first-order valence-electron chi connectivity index (χ1n) is 9.25. The predicted molar refractivity (Wildman–Crippen MR) is 113 cm³/mol. The molecule has 0 aromatic heterocycles. The van der Waals surface area contributed by atoms with Crippen LogP contribution in [0.15, 0.2) is 54.6 Å². The summed E-state index contributed by atoms with van der Waals surface area (Å²) in [7, 11) is 0. The first kappa shape index (κ1) is 20.8. The van der Waals surface area contributed by atoms with Crippen molar-refractivity contribution in [2.45, 2.75) is 25.7 Å². The second kappa shape index (κ2) is 10.6. The summed E-state index contributed by atoms with van der Waals surface area (Å²) in [5.41, 5.74) is 2.68. The van der Waals surface area contributed by atoms with Crippen LogP contribution >= 0.6 is 12.4 Å². The summed E-state index contributed by atoms with van der Waals surface area (Å²) in [6.45, 7) is 2.50. The Morgan fingerprint density at radius 3 is 2.52 bits per heavy atom. The molecule has 27 heavy (non-hydrogen) atoms. The van der Waals surface area contributed by atoms with Gasteiger partial charge in [-0.25, -0.2) is 0 Å². The Balaban J connectivity index is 0.00000261. The molecule has 1 saturated heterocycles. The Kier molecular flexibility index (Phi) is 8.14. The number of hydrogen-bond donors (Lipinski definition) is 3. The van der Waals surface area contributed by atoms with Gasteiger partial charge in [-0.3, -0.25) is 10.2 Å². The summed E-state index contributed by atoms with van der Waals surface area (Å²) in [5.74, 6) is 0.331. The van der Waals surface area contributed by atoms with Crippen LogP contribution in [0, 0.1) is 5.41 Å². The van der Waals surface area contributed by atoms with Crippen LogP contribution in [0.1, 0.15) is 35.2 Å². The molecule has 1 aliphatic rings. The molecule has 0 bridgehead atoms. The average molecular weight is 387 g/mol. The fraction of sp³-hybridized carbons (Fsp3) is 0.333. The number of halogens is 1. The normalized spacial score (nSPS) is 13.0. The van der Waals surface area contributed by atoms with Crippen molar-refractivity contribution >= 4 is 30.0 Å². The van der Waals surface area contributed by atoms with Crippen molar-refractivity contribution in [3.63, 3.8) is 0 Å². The summed E-state index contributed by atoms with van der Waals surface area (Å²) in [5, 5.41) is 14.2. The summed E-state index contributed by atoms with van der Waals surface area (Å²) in [4.78, 5) is 14.4. The van der Waals surface area contributed by atoms with E-state index in [0.717, 1.165) is 44.5 Å². The third kappa shape index (κ3) is 6.29. The molecule has 0 atom stereocenters. The highest BCUT2D eigenvalue weighted by Crippen LogP contribution is 2.14. The van der Waals surface area contributed by atoms with E-state index >= 15 is 0 Å². The smallest absolute Gasteiger partial charge is 0.251 e. The van der Waals surface area contributed by atoms with Crippen LogP contribution in [-0.4, -0.2) is 36.4 Å². The van der Waals surface area contributed by atoms with Crippen molar-refractivity contribution in [3.8, 4) is 0 Å². The van der Waals surface area contributed by atoms with Gasteiger partial charge in [-0.2, -0.15) is 0 Å². The minimum atomic E-state index is -0.0746. The molecule has 0 aliphatic carbocycles. The maximum Gasteiger partial charge on any atom is 0.251 e. The Bertz CT molecular complexity index is 745. The molecule has 3 N–H and O–H groups in total. The second-order valence-corrected chi connectivity index (χ2v) is 6.59. The Morgan fingerprint density at radius 1 is 1.04 bits per heavy atom. The molecule has 1 heterocycles. The van der Waals surface area contributed by atoms with Crippen LogP contribution in [0.2, 0.25) is 0 Å². The van der Waals surface area contributed by atoms with Gasteiger partial charge in [-0.05, 0) is 49.4 Å². The molecular weight excluding hydrogens is 360 g/mol. The van der Waals surface area contributed by atoms with Crippen LogP contribution in [-0.2, 0) is 6.42 Å². The fourth-order valence-electron chi connectivity index (χ4n) is 3.14. The first-order valence-corrected chi connectivity index (χ1v) is 9.25. The van der Waals surface area contributed by atoms with E-state index in [1.54, 1.807) is 12.1 Å². The second-order valence-electron chi connectivity index (χ2n) is 6.59. The van der Waals surface area contributed by atoms with Gasteiger partial charge in [0.15, 0.2) is 5.96 Å². The molecule has 2 aromatic carbocycles. The van der Waals surface area contributed by atoms with Gasteiger partial charge in [0.2, 0.25) is 0 Å². The summed E-state index contributed by atoms with van der Waals surface area (Å²) in [6.07, 6.45) is 4.13. The average Bonchev–Trinajstić information content (AvgIpc) is 3.21. The number of amides is 1. The zero-order valence-corrected chi connectivity index (χ0v) is 16.2. The topological polar surface area (TPSA) is 68.2 Å². The maximum atomic E-state index is 12.3. The third-order valence-corrected chi connectivity index (χ3v) is 4.58.